The van der Waals surface area contributed by atoms with Gasteiger partial charge in [-0.2, -0.15) is 13.2 Å². The quantitative estimate of drug-likeness (QED) is 0.0298. The van der Waals surface area contributed by atoms with Gasteiger partial charge in [0.2, 0.25) is 0 Å². The van der Waals surface area contributed by atoms with Crippen LogP contribution in [0.5, 0.6) is 23.0 Å². The minimum atomic E-state index is -4.75. The number of rotatable bonds is 17. The van der Waals surface area contributed by atoms with Crippen LogP contribution in [0, 0.1) is 11.6 Å². The number of thiocarbonyl (C=S) groups is 6. The minimum absolute atomic E-state index is 0.220. The number of thiazole rings is 6. The van der Waals surface area contributed by atoms with E-state index < -0.39 is 47.0 Å². The Hall–Kier alpha value is -12.4. The Morgan fingerprint density at radius 3 is 0.904 bits per heavy atom. The molecule has 10 aromatic carbocycles. The molecule has 12 N–H and O–H groups in total. The van der Waals surface area contributed by atoms with E-state index in [-0.39, 0.29) is 39.7 Å². The lowest BCUT2D eigenvalue weighted by Crippen LogP contribution is -2.27. The molecular weight excluding hydrogens is 2070 g/mol. The van der Waals surface area contributed by atoms with Crippen LogP contribution in [0.4, 0.5) is 117 Å². The first-order valence-electron chi connectivity index (χ1n) is 37.7. The van der Waals surface area contributed by atoms with Crippen molar-refractivity contribution in [1.29, 1.82) is 0 Å². The summed E-state index contributed by atoms with van der Waals surface area (Å²) in [7, 11) is 0.164. The molecule has 0 amide bonds. The maximum atomic E-state index is 12.9. The fourth-order valence-electron chi connectivity index (χ4n) is 10.7. The molecule has 0 aliphatic carbocycles. The van der Waals surface area contributed by atoms with Crippen LogP contribution >= 0.6 is 141 Å². The van der Waals surface area contributed by atoms with Gasteiger partial charge in [-0.25, -0.2) is 47.1 Å². The number of para-hydroxylation sites is 1. The topological polar surface area (TPSA) is 293 Å². The molecule has 0 fully saturated rings. The molecule has 0 spiro atoms. The standard InChI is InChI=1S/C16H11F4N3OS2.C16H12F3N3OS2.C15H9F4N3OS2.C15H10F3N3OS2.C10H8F3N3S2.C10H11N3O2S3/c17-10-3-1-9(2-4-10)8-21-14(25)23-15-22-12-6-5-11(7-13(12)26-15)24-16(18,19)20;17-16(18,19)23-11-6-7-12-13(8-11)25-15(21-12)22-14(24)20-9-10-4-2-1-3-5-10;16-8-1-3-9(4-2-8)20-13(24)22-14-21-11-6-5-10(7-12(11)25-14)23-15(17,18)19;16-15(17,18)22-10-6-7-11-12(8-10)24-14(20-11)21-13(23)19-9-4-2-1-3-5-9;1-14-8(17)16-9-15-6-3-2-5(10(11,12)13)4-7(6)18-9;1-11-9(16)13-10-12-7-4-3-6(18(2,14)15)5-8(7)17-10/h1-7H,8H2,(H2,21,22,23,25);1-8H,9H2,(H2,20,21,22,24);1-7H,(H2,20,21,22,24);1-8H,(H2,19,20,21,23);2-4H,1H3,(H2,14,15,16,17);3-5H,1-2H3,(H2,11,12,13,16). The number of sulfone groups is 1. The van der Waals surface area contributed by atoms with Crippen molar-refractivity contribution in [1.82, 2.24) is 51.2 Å². The first kappa shape index (κ1) is 104. The van der Waals surface area contributed by atoms with Crippen molar-refractivity contribution in [3.05, 3.63) is 247 Å². The highest BCUT2D eigenvalue weighted by molar-refractivity contribution is 7.90. The third-order valence-electron chi connectivity index (χ3n) is 16.5. The molecule has 24 nitrogen and oxygen atoms in total. The lowest BCUT2D eigenvalue weighted by atomic mass is 10.2. The predicted octanol–water partition coefficient (Wildman–Crippen LogP) is 24.5. The van der Waals surface area contributed by atoms with Crippen LogP contribution < -0.4 is 82.7 Å². The van der Waals surface area contributed by atoms with Crippen LogP contribution in [0.2, 0.25) is 0 Å². The van der Waals surface area contributed by atoms with Crippen molar-refractivity contribution in [2.24, 2.45) is 0 Å². The Morgan fingerprint density at radius 1 is 0.316 bits per heavy atom. The first-order valence-corrected chi connectivity index (χ1v) is 46.9. The SMILES string of the molecule is CNC(=S)Nc1nc2ccc(C(F)(F)F)cc2s1.CNC(=S)Nc1nc2ccc(S(C)(=O)=O)cc2s1.FC(F)(F)Oc1ccc2nc(NC(=S)NCc3ccccc3)sc2c1.FC(F)(F)Oc1ccc2nc(NC(=S)Nc3ccccc3)sc2c1.Fc1ccc(CNC(=S)Nc2nc3ccc(OC(F)(F)F)cc3s2)cc1.Fc1ccc(NC(=S)Nc2nc3ccc(OC(F)(F)F)cc3s2)cc1. The average Bonchev–Trinajstić information content (AvgIpc) is 1.67. The number of benzene rings is 10. The van der Waals surface area contributed by atoms with Gasteiger partial charge >= 0.3 is 31.6 Å². The number of halogens is 17. The summed E-state index contributed by atoms with van der Waals surface area (Å²) in [6, 6.07) is 54.7. The van der Waals surface area contributed by atoms with Gasteiger partial charge in [0.1, 0.15) is 34.6 Å². The van der Waals surface area contributed by atoms with E-state index in [9.17, 15) is 83.1 Å². The number of nitrogens with one attached hydrogen (secondary N) is 12. The van der Waals surface area contributed by atoms with Crippen molar-refractivity contribution in [3.63, 3.8) is 0 Å². The fourth-order valence-corrected chi connectivity index (χ4v) is 18.2. The second kappa shape index (κ2) is 46.5. The molecule has 0 aliphatic heterocycles. The second-order valence-corrected chi connectivity index (χ2v) is 37.2. The molecule has 0 unspecified atom stereocenters. The van der Waals surface area contributed by atoms with E-state index in [4.69, 9.17) is 73.3 Å². The van der Waals surface area contributed by atoms with E-state index in [0.29, 0.717) is 131 Å². The molecule has 0 saturated carbocycles. The molecule has 16 aromatic rings. The Kier molecular flexibility index (Phi) is 35.6. The Balaban J connectivity index is 0.000000158. The van der Waals surface area contributed by atoms with E-state index in [2.05, 4.69) is 113 Å². The number of fused-ring (bicyclic) bond motifs is 6. The van der Waals surface area contributed by atoms with E-state index in [1.54, 1.807) is 44.4 Å². The highest BCUT2D eigenvalue weighted by Gasteiger charge is 2.35. The zero-order chi connectivity index (χ0) is 98.5. The molecule has 0 saturated heterocycles. The lowest BCUT2D eigenvalue weighted by Gasteiger charge is -2.08. The number of ether oxygens (including phenoxy) is 4. The number of nitrogens with zero attached hydrogens (tertiary/aromatic N) is 6. The molecule has 0 atom stereocenters. The first-order chi connectivity index (χ1) is 64.1. The van der Waals surface area contributed by atoms with Crippen LogP contribution in [0.25, 0.3) is 61.3 Å². The molecule has 54 heteroatoms. The summed E-state index contributed by atoms with van der Waals surface area (Å²) >= 11 is 37.7. The van der Waals surface area contributed by atoms with E-state index in [1.165, 1.54) is 156 Å². The smallest absolute Gasteiger partial charge is 0.406 e. The summed E-state index contributed by atoms with van der Waals surface area (Å²) < 4.78 is 252. The summed E-state index contributed by atoms with van der Waals surface area (Å²) in [5, 5.41) is 39.5. The van der Waals surface area contributed by atoms with Gasteiger partial charge in [-0.05, 0) is 218 Å². The van der Waals surface area contributed by atoms with Gasteiger partial charge in [0.15, 0.2) is 71.3 Å². The van der Waals surface area contributed by atoms with Crippen LogP contribution in [-0.2, 0) is 29.1 Å². The van der Waals surface area contributed by atoms with Crippen molar-refractivity contribution in [3.8, 4) is 23.0 Å². The summed E-state index contributed by atoms with van der Waals surface area (Å²) in [6.07, 6.45) is -22.1. The van der Waals surface area contributed by atoms with Crippen molar-refractivity contribution in [2.45, 2.75) is 49.6 Å². The Morgan fingerprint density at radius 2 is 0.588 bits per heavy atom. The second-order valence-electron chi connectivity index (χ2n) is 26.6. The van der Waals surface area contributed by atoms with Gasteiger partial charge in [-0.1, -0.05) is 129 Å². The number of hydrogen-bond acceptors (Lipinski definition) is 24. The number of alkyl halides is 15. The molecule has 6 aromatic heterocycles. The fraction of sp³-hybridized carbons (Fsp3) is 0.122. The zero-order valence-electron chi connectivity index (χ0n) is 68.6. The average molecular weight is 2130 g/mol. The molecule has 6 heterocycles. The molecule has 136 heavy (non-hydrogen) atoms. The van der Waals surface area contributed by atoms with Gasteiger partial charge in [0.05, 0.1) is 71.8 Å². The minimum Gasteiger partial charge on any atom is -0.406 e. The van der Waals surface area contributed by atoms with Crippen LogP contribution in [0.3, 0.4) is 0 Å². The number of anilines is 8. The summed E-state index contributed by atoms with van der Waals surface area (Å²) in [5.74, 6) is -1.88. The van der Waals surface area contributed by atoms with Gasteiger partial charge < -0.3 is 82.7 Å². The van der Waals surface area contributed by atoms with Gasteiger partial charge in [-0.15, -0.1) is 52.7 Å². The van der Waals surface area contributed by atoms with E-state index in [1.807, 2.05) is 60.7 Å². The number of aromatic nitrogens is 6. The largest absolute Gasteiger partial charge is 0.573 e. The molecule has 0 aliphatic rings. The molecular formula is C82H61F17N18O6S13. The van der Waals surface area contributed by atoms with E-state index in [0.717, 1.165) is 73.2 Å². The highest BCUT2D eigenvalue weighted by Crippen LogP contribution is 2.39. The van der Waals surface area contributed by atoms with Gasteiger partial charge in [0, 0.05) is 69.1 Å². The number of hydrogen-bond donors (Lipinski definition) is 12. The lowest BCUT2D eigenvalue weighted by molar-refractivity contribution is -0.275. The van der Waals surface area contributed by atoms with Crippen molar-refractivity contribution >= 4 is 285 Å². The molecule has 0 radical (unpaired) electrons. The maximum Gasteiger partial charge on any atom is 0.573 e. The monoisotopic (exact) mass is 2130 g/mol. The Bertz CT molecular complexity index is 7020. The third kappa shape index (κ3) is 34.2. The van der Waals surface area contributed by atoms with Crippen molar-refractivity contribution < 1.29 is 102 Å². The van der Waals surface area contributed by atoms with Crippen LogP contribution in [0.15, 0.2) is 223 Å². The summed E-state index contributed by atoms with van der Waals surface area (Å²) in [6.45, 7) is 0.946. The highest BCUT2D eigenvalue weighted by atomic mass is 32.2. The van der Waals surface area contributed by atoms with Crippen LogP contribution in [-0.4, -0.2) is 115 Å². The van der Waals surface area contributed by atoms with Gasteiger partial charge in [-0.3, -0.25) is 0 Å². The molecule has 16 rings (SSSR count). The van der Waals surface area contributed by atoms with Crippen molar-refractivity contribution in [2.75, 3.05) is 62.9 Å². The Labute approximate surface area is 814 Å². The summed E-state index contributed by atoms with van der Waals surface area (Å²) in [5.41, 5.74) is 6.04. The molecule has 0 bridgehead atoms. The van der Waals surface area contributed by atoms with Gasteiger partial charge in [0.25, 0.3) is 0 Å². The maximum absolute atomic E-state index is 12.9. The van der Waals surface area contributed by atoms with Crippen LogP contribution in [0.1, 0.15) is 16.7 Å². The normalized spacial score (nSPS) is 11.4. The summed E-state index contributed by atoms with van der Waals surface area (Å²) in [4.78, 5) is 25.8. The predicted molar refractivity (Wildman–Crippen MR) is 525 cm³/mol. The van der Waals surface area contributed by atoms with E-state index >= 15 is 0 Å². The molecule has 712 valence electrons. The third-order valence-corrected chi connectivity index (χ3v) is 24.7. The zero-order valence-corrected chi connectivity index (χ0v) is 79.2.